The minimum absolute atomic E-state index is 0.0370. The van der Waals surface area contributed by atoms with Crippen LogP contribution >= 0.6 is 11.3 Å². The van der Waals surface area contributed by atoms with Crippen LogP contribution in [0.5, 0.6) is 11.5 Å². The molecule has 0 saturated carbocycles. The van der Waals surface area contributed by atoms with Crippen molar-refractivity contribution in [3.05, 3.63) is 82.6 Å². The van der Waals surface area contributed by atoms with E-state index in [9.17, 15) is 14.4 Å². The Morgan fingerprint density at radius 3 is 2.71 bits per heavy atom. The van der Waals surface area contributed by atoms with Gasteiger partial charge in [-0.15, -0.1) is 11.3 Å². The Morgan fingerprint density at radius 2 is 1.91 bits per heavy atom. The fraction of sp³-hybridized carbons (Fsp3) is 0.269. The summed E-state index contributed by atoms with van der Waals surface area (Å²) in [6.45, 7) is 0.479. The van der Waals surface area contributed by atoms with Crippen molar-refractivity contribution >= 4 is 28.9 Å². The van der Waals surface area contributed by atoms with E-state index in [2.05, 4.69) is 5.32 Å². The summed E-state index contributed by atoms with van der Waals surface area (Å²) in [5.41, 5.74) is 0.386. The number of carbonyl (C=O) groups excluding carboxylic acids is 3. The van der Waals surface area contributed by atoms with Crippen LogP contribution in [0.2, 0.25) is 0 Å². The lowest BCUT2D eigenvalue weighted by Gasteiger charge is -2.27. The summed E-state index contributed by atoms with van der Waals surface area (Å²) in [7, 11) is 0. The molecule has 34 heavy (non-hydrogen) atoms. The first kappa shape index (κ1) is 22.3. The van der Waals surface area contributed by atoms with Crippen LogP contribution < -0.4 is 10.1 Å². The van der Waals surface area contributed by atoms with Crippen LogP contribution in [0, 0.1) is 0 Å². The van der Waals surface area contributed by atoms with Gasteiger partial charge in [0.05, 0.1) is 6.10 Å². The van der Waals surface area contributed by atoms with Crippen molar-refractivity contribution < 1.29 is 23.9 Å². The van der Waals surface area contributed by atoms with Crippen LogP contribution in [0.4, 0.5) is 0 Å². The molecule has 2 aromatic carbocycles. The molecule has 0 aliphatic carbocycles. The minimum Gasteiger partial charge on any atom is -0.457 e. The largest absolute Gasteiger partial charge is 0.457 e. The quantitative estimate of drug-likeness (QED) is 0.565. The number of hydrogen-bond acceptors (Lipinski definition) is 6. The molecule has 2 aliphatic heterocycles. The Balaban J connectivity index is 1.34. The number of ether oxygens (including phenoxy) is 2. The van der Waals surface area contributed by atoms with E-state index < -0.39 is 12.1 Å². The normalized spacial score (nSPS) is 20.1. The van der Waals surface area contributed by atoms with Gasteiger partial charge in [-0.05, 0) is 48.2 Å². The second kappa shape index (κ2) is 9.79. The van der Waals surface area contributed by atoms with Crippen molar-refractivity contribution in [2.75, 3.05) is 13.2 Å². The van der Waals surface area contributed by atoms with Gasteiger partial charge in [-0.3, -0.25) is 14.4 Å². The molecule has 3 heterocycles. The molecule has 2 saturated heterocycles. The molecule has 3 unspecified atom stereocenters. The number of carbonyl (C=O) groups is 3. The Morgan fingerprint density at radius 1 is 1.09 bits per heavy atom. The highest BCUT2D eigenvalue weighted by atomic mass is 32.1. The van der Waals surface area contributed by atoms with Crippen molar-refractivity contribution in [1.82, 2.24) is 10.2 Å². The van der Waals surface area contributed by atoms with Gasteiger partial charge in [0.25, 0.3) is 5.91 Å². The molecule has 1 N–H and O–H groups in total. The van der Waals surface area contributed by atoms with E-state index in [-0.39, 0.29) is 30.3 Å². The number of nitrogens with one attached hydrogen (secondary N) is 1. The molecule has 3 aromatic rings. The molecule has 8 heteroatoms. The fourth-order valence-corrected chi connectivity index (χ4v) is 5.19. The van der Waals surface area contributed by atoms with Gasteiger partial charge in [-0.25, -0.2) is 0 Å². The molecule has 5 rings (SSSR count). The molecular weight excluding hydrogens is 452 g/mol. The summed E-state index contributed by atoms with van der Waals surface area (Å²) < 4.78 is 11.4. The zero-order valence-corrected chi connectivity index (χ0v) is 19.2. The first-order valence-corrected chi connectivity index (χ1v) is 12.1. The highest BCUT2D eigenvalue weighted by molar-refractivity contribution is 7.09. The number of ketones is 1. The van der Waals surface area contributed by atoms with Crippen molar-refractivity contribution in [1.29, 1.82) is 0 Å². The van der Waals surface area contributed by atoms with Crippen LogP contribution in [-0.2, 0) is 20.7 Å². The predicted molar refractivity (Wildman–Crippen MR) is 127 cm³/mol. The summed E-state index contributed by atoms with van der Waals surface area (Å²) in [4.78, 5) is 41.6. The van der Waals surface area contributed by atoms with Crippen molar-refractivity contribution in [3.8, 4) is 11.5 Å². The van der Waals surface area contributed by atoms with Gasteiger partial charge in [0.15, 0.2) is 5.78 Å². The highest BCUT2D eigenvalue weighted by Gasteiger charge is 2.48. The van der Waals surface area contributed by atoms with E-state index in [0.29, 0.717) is 36.4 Å². The number of hydrogen-bond donors (Lipinski definition) is 1. The number of likely N-dealkylation sites (tertiary alicyclic amines) is 1. The summed E-state index contributed by atoms with van der Waals surface area (Å²) in [6, 6.07) is 18.6. The van der Waals surface area contributed by atoms with Gasteiger partial charge >= 0.3 is 0 Å². The standard InChI is InChI=1S/C26H24N2O5S/c29-22-16-32-23-11-12-28(24(22)23)26(31)21(15-20-10-5-13-34-20)27-25(30)17-6-4-9-19(14-17)33-18-7-2-1-3-8-18/h1-10,13-14,21,23-24H,11-12,15-16H2,(H,27,30). The molecule has 0 spiro atoms. The van der Waals surface area contributed by atoms with Gasteiger partial charge in [0, 0.05) is 23.4 Å². The van der Waals surface area contributed by atoms with Crippen molar-refractivity contribution in [2.45, 2.75) is 31.0 Å². The lowest BCUT2D eigenvalue weighted by atomic mass is 10.1. The topological polar surface area (TPSA) is 84.9 Å². The number of Topliss-reactive ketones (excluding diaryl/α,β-unsaturated/α-hetero) is 1. The maximum Gasteiger partial charge on any atom is 0.252 e. The van der Waals surface area contributed by atoms with Gasteiger partial charge < -0.3 is 19.7 Å². The third-order valence-electron chi connectivity index (χ3n) is 6.06. The van der Waals surface area contributed by atoms with E-state index in [1.165, 1.54) is 11.3 Å². The number of fused-ring (bicyclic) bond motifs is 1. The van der Waals surface area contributed by atoms with Crippen LogP contribution in [0.3, 0.4) is 0 Å². The maximum absolute atomic E-state index is 13.5. The lowest BCUT2D eigenvalue weighted by Crippen LogP contribution is -2.53. The second-order valence-electron chi connectivity index (χ2n) is 8.33. The first-order valence-electron chi connectivity index (χ1n) is 11.2. The number of thiophene rings is 1. The van der Waals surface area contributed by atoms with E-state index in [1.807, 2.05) is 47.8 Å². The number of para-hydroxylation sites is 1. The zero-order valence-electron chi connectivity index (χ0n) is 18.4. The van der Waals surface area contributed by atoms with E-state index in [1.54, 1.807) is 29.2 Å². The number of nitrogens with zero attached hydrogens (tertiary/aromatic N) is 1. The molecule has 7 nitrogen and oxygen atoms in total. The Kier molecular flexibility index (Phi) is 6.42. The lowest BCUT2D eigenvalue weighted by molar-refractivity contribution is -0.138. The molecule has 174 valence electrons. The first-order chi connectivity index (χ1) is 16.6. The zero-order chi connectivity index (χ0) is 23.5. The summed E-state index contributed by atoms with van der Waals surface area (Å²) in [5.74, 6) is 0.472. The van der Waals surface area contributed by atoms with Gasteiger partial charge in [-0.1, -0.05) is 30.3 Å². The second-order valence-corrected chi connectivity index (χ2v) is 9.37. The average Bonchev–Trinajstić information content (AvgIpc) is 3.59. The van der Waals surface area contributed by atoms with E-state index in [0.717, 1.165) is 4.88 Å². The summed E-state index contributed by atoms with van der Waals surface area (Å²) in [6.07, 6.45) is 0.729. The average molecular weight is 477 g/mol. The summed E-state index contributed by atoms with van der Waals surface area (Å²) in [5, 5.41) is 4.84. The number of amides is 2. The van der Waals surface area contributed by atoms with Crippen molar-refractivity contribution in [2.24, 2.45) is 0 Å². The predicted octanol–water partition coefficient (Wildman–Crippen LogP) is 3.45. The van der Waals surface area contributed by atoms with Crippen LogP contribution in [0.25, 0.3) is 0 Å². The maximum atomic E-state index is 13.5. The Bertz CT molecular complexity index is 1180. The van der Waals surface area contributed by atoms with Gasteiger partial charge in [0.2, 0.25) is 5.91 Å². The number of rotatable bonds is 7. The van der Waals surface area contributed by atoms with Crippen LogP contribution in [0.1, 0.15) is 21.7 Å². The molecular formula is C26H24N2O5S. The molecule has 0 bridgehead atoms. The van der Waals surface area contributed by atoms with Crippen LogP contribution in [-0.4, -0.2) is 53.8 Å². The minimum atomic E-state index is -0.794. The van der Waals surface area contributed by atoms with Crippen LogP contribution in [0.15, 0.2) is 72.1 Å². The molecule has 3 atom stereocenters. The highest BCUT2D eigenvalue weighted by Crippen LogP contribution is 2.28. The Labute approximate surface area is 201 Å². The summed E-state index contributed by atoms with van der Waals surface area (Å²) >= 11 is 1.52. The van der Waals surface area contributed by atoms with Crippen molar-refractivity contribution in [3.63, 3.8) is 0 Å². The van der Waals surface area contributed by atoms with E-state index >= 15 is 0 Å². The SMILES string of the molecule is O=C(NC(Cc1cccs1)C(=O)N1CCC2OCC(=O)C21)c1cccc(Oc2ccccc2)c1. The molecule has 1 aromatic heterocycles. The fourth-order valence-electron chi connectivity index (χ4n) is 4.44. The van der Waals surface area contributed by atoms with Gasteiger partial charge in [0.1, 0.15) is 30.2 Å². The smallest absolute Gasteiger partial charge is 0.252 e. The monoisotopic (exact) mass is 476 g/mol. The number of benzene rings is 2. The molecule has 2 amide bonds. The van der Waals surface area contributed by atoms with Gasteiger partial charge in [-0.2, -0.15) is 0 Å². The Hall–Kier alpha value is -3.49. The molecule has 2 aliphatic rings. The third-order valence-corrected chi connectivity index (χ3v) is 6.96. The molecule has 2 fully saturated rings. The third kappa shape index (κ3) is 4.73. The van der Waals surface area contributed by atoms with E-state index in [4.69, 9.17) is 9.47 Å². The molecule has 0 radical (unpaired) electrons.